The number of carbonyl (C=O) groups is 2. The molecule has 1 fully saturated rings. The van der Waals surface area contributed by atoms with Gasteiger partial charge in [0.25, 0.3) is 11.8 Å². The van der Waals surface area contributed by atoms with Gasteiger partial charge in [-0.3, -0.25) is 19.8 Å². The lowest BCUT2D eigenvalue weighted by Gasteiger charge is -2.28. The molecule has 0 radical (unpaired) electrons. The molecule has 0 aliphatic carbocycles. The van der Waals surface area contributed by atoms with E-state index in [2.05, 4.69) is 11.9 Å². The van der Waals surface area contributed by atoms with E-state index in [-0.39, 0.29) is 21.2 Å². The maximum absolute atomic E-state index is 12.3. The van der Waals surface area contributed by atoms with Gasteiger partial charge in [0.1, 0.15) is 5.57 Å². The van der Waals surface area contributed by atoms with Crippen LogP contribution < -0.4 is 5.32 Å². The normalized spacial score (nSPS) is 17.9. The first-order valence-electron chi connectivity index (χ1n) is 6.28. The van der Waals surface area contributed by atoms with Gasteiger partial charge in [0, 0.05) is 6.54 Å². The van der Waals surface area contributed by atoms with Crippen molar-refractivity contribution < 1.29 is 9.59 Å². The number of hydrogen-bond donors (Lipinski definition) is 1. The molecule has 110 valence electrons. The summed E-state index contributed by atoms with van der Waals surface area (Å²) in [6.07, 6.45) is 3.32. The molecular weight excluding hydrogens is 312 g/mol. The summed E-state index contributed by atoms with van der Waals surface area (Å²) in [5.74, 6) is 1.08. The van der Waals surface area contributed by atoms with E-state index >= 15 is 0 Å². The highest BCUT2D eigenvalue weighted by atomic mass is 32.2. The Hall–Kier alpha value is -0.790. The average molecular weight is 330 g/mol. The number of nitrogens with one attached hydrogen (secondary N) is 1. The van der Waals surface area contributed by atoms with Gasteiger partial charge in [-0.25, -0.2) is 0 Å². The van der Waals surface area contributed by atoms with Crippen LogP contribution in [-0.2, 0) is 9.59 Å². The van der Waals surface area contributed by atoms with Crippen LogP contribution in [0.1, 0.15) is 13.8 Å². The van der Waals surface area contributed by atoms with Gasteiger partial charge >= 0.3 is 0 Å². The molecule has 0 aromatic heterocycles. The minimum atomic E-state index is -0.418. The number of amides is 2. The van der Waals surface area contributed by atoms with E-state index in [0.29, 0.717) is 6.54 Å². The Labute approximate surface area is 133 Å². The van der Waals surface area contributed by atoms with Crippen LogP contribution in [0.3, 0.4) is 0 Å². The van der Waals surface area contributed by atoms with Crippen molar-refractivity contribution in [3.63, 3.8) is 0 Å². The first-order chi connectivity index (χ1) is 9.54. The maximum atomic E-state index is 12.3. The molecule has 1 rings (SSSR count). The van der Waals surface area contributed by atoms with Crippen LogP contribution in [0, 0.1) is 0 Å². The molecule has 4 nitrogen and oxygen atoms in total. The second kappa shape index (κ2) is 8.49. The summed E-state index contributed by atoms with van der Waals surface area (Å²) >= 11 is 8.40. The fraction of sp³-hybridized carbons (Fsp3) is 0.462. The summed E-state index contributed by atoms with van der Waals surface area (Å²) in [4.78, 5) is 25.6. The Balaban J connectivity index is 3.00. The number of thiocarbonyl (C=S) groups is 1. The molecule has 2 amide bonds. The quantitative estimate of drug-likeness (QED) is 0.255. The first kappa shape index (κ1) is 17.3. The molecule has 0 aromatic rings. The van der Waals surface area contributed by atoms with Crippen molar-refractivity contribution >= 4 is 52.7 Å². The van der Waals surface area contributed by atoms with Crippen molar-refractivity contribution in [1.82, 2.24) is 10.2 Å². The number of carbonyl (C=O) groups excluding carboxylic acids is 2. The van der Waals surface area contributed by atoms with Crippen LogP contribution in [0.5, 0.6) is 0 Å². The lowest BCUT2D eigenvalue weighted by Crippen LogP contribution is -2.54. The zero-order valence-corrected chi connectivity index (χ0v) is 14.0. The third-order valence-corrected chi connectivity index (χ3v) is 5.20. The van der Waals surface area contributed by atoms with Gasteiger partial charge in [0.15, 0.2) is 5.11 Å². The number of thioether (sulfide) groups is 2. The second-order valence-electron chi connectivity index (χ2n) is 3.82. The fourth-order valence-corrected chi connectivity index (χ4v) is 4.19. The lowest BCUT2D eigenvalue weighted by atomic mass is 10.1. The highest BCUT2D eigenvalue weighted by Crippen LogP contribution is 2.26. The SMILES string of the molecule is C=CCN1C(=O)/C(=C/C(SCC)SCC)C(=O)NC1=S. The zero-order valence-electron chi connectivity index (χ0n) is 11.5. The highest BCUT2D eigenvalue weighted by Gasteiger charge is 2.33. The topological polar surface area (TPSA) is 49.4 Å². The molecule has 0 aromatic carbocycles. The number of rotatable bonds is 7. The van der Waals surface area contributed by atoms with Gasteiger partial charge in [-0.2, -0.15) is 0 Å². The van der Waals surface area contributed by atoms with Gasteiger partial charge in [-0.05, 0) is 29.8 Å². The minimum absolute atomic E-state index is 0.0898. The summed E-state index contributed by atoms with van der Waals surface area (Å²) in [6.45, 7) is 7.99. The molecule has 0 unspecified atom stereocenters. The number of hydrogen-bond acceptors (Lipinski definition) is 5. The zero-order chi connectivity index (χ0) is 15.1. The van der Waals surface area contributed by atoms with E-state index in [4.69, 9.17) is 12.2 Å². The van der Waals surface area contributed by atoms with Crippen LogP contribution in [0.25, 0.3) is 0 Å². The minimum Gasteiger partial charge on any atom is -0.298 e. The average Bonchev–Trinajstić information content (AvgIpc) is 2.40. The summed E-state index contributed by atoms with van der Waals surface area (Å²) in [5, 5.41) is 2.69. The second-order valence-corrected chi connectivity index (χ2v) is 7.35. The van der Waals surface area contributed by atoms with E-state index in [1.165, 1.54) is 4.90 Å². The van der Waals surface area contributed by atoms with E-state index in [1.54, 1.807) is 35.7 Å². The van der Waals surface area contributed by atoms with Crippen molar-refractivity contribution in [2.24, 2.45) is 0 Å². The third-order valence-electron chi connectivity index (χ3n) is 2.46. The van der Waals surface area contributed by atoms with Crippen molar-refractivity contribution in [2.45, 2.75) is 18.4 Å². The van der Waals surface area contributed by atoms with Gasteiger partial charge in [-0.1, -0.05) is 19.9 Å². The number of nitrogens with zero attached hydrogens (tertiary/aromatic N) is 1. The van der Waals surface area contributed by atoms with Crippen LogP contribution in [0.2, 0.25) is 0 Å². The van der Waals surface area contributed by atoms with E-state index in [9.17, 15) is 9.59 Å². The molecule has 0 atom stereocenters. The molecule has 1 saturated heterocycles. The van der Waals surface area contributed by atoms with Crippen LogP contribution in [0.4, 0.5) is 0 Å². The van der Waals surface area contributed by atoms with Crippen molar-refractivity contribution in [3.05, 3.63) is 24.3 Å². The molecular formula is C13H18N2O2S3. The van der Waals surface area contributed by atoms with Crippen LogP contribution in [0.15, 0.2) is 24.3 Å². The molecule has 1 heterocycles. The molecule has 0 saturated carbocycles. The largest absolute Gasteiger partial charge is 0.298 e. The van der Waals surface area contributed by atoms with Crippen molar-refractivity contribution in [3.8, 4) is 0 Å². The Morgan fingerprint density at radius 1 is 1.35 bits per heavy atom. The first-order valence-corrected chi connectivity index (χ1v) is 8.78. The smallest absolute Gasteiger partial charge is 0.265 e. The summed E-state index contributed by atoms with van der Waals surface area (Å²) in [6, 6.07) is 0. The van der Waals surface area contributed by atoms with Gasteiger partial charge < -0.3 is 0 Å². The van der Waals surface area contributed by atoms with Gasteiger partial charge in [0.05, 0.1) is 4.58 Å². The molecule has 7 heteroatoms. The van der Waals surface area contributed by atoms with E-state index < -0.39 is 5.91 Å². The molecule has 0 spiro atoms. The van der Waals surface area contributed by atoms with Gasteiger partial charge in [-0.15, -0.1) is 30.1 Å². The monoisotopic (exact) mass is 330 g/mol. The Morgan fingerprint density at radius 3 is 2.45 bits per heavy atom. The molecule has 1 aliphatic rings. The molecule has 0 bridgehead atoms. The Kier molecular flexibility index (Phi) is 7.32. The maximum Gasteiger partial charge on any atom is 0.265 e. The summed E-state index contributed by atoms with van der Waals surface area (Å²) < 4.78 is 0.0898. The van der Waals surface area contributed by atoms with Crippen molar-refractivity contribution in [1.29, 1.82) is 0 Å². The molecule has 1 aliphatic heterocycles. The Morgan fingerprint density at radius 2 is 1.95 bits per heavy atom. The van der Waals surface area contributed by atoms with Crippen LogP contribution in [-0.4, -0.2) is 44.5 Å². The van der Waals surface area contributed by atoms with Crippen molar-refractivity contribution in [2.75, 3.05) is 18.1 Å². The third kappa shape index (κ3) is 4.36. The lowest BCUT2D eigenvalue weighted by molar-refractivity contribution is -0.128. The van der Waals surface area contributed by atoms with E-state index in [1.807, 2.05) is 13.8 Å². The summed E-state index contributed by atoms with van der Waals surface area (Å²) in [5.41, 5.74) is 0.160. The van der Waals surface area contributed by atoms with Gasteiger partial charge in [0.2, 0.25) is 0 Å². The van der Waals surface area contributed by atoms with E-state index in [0.717, 1.165) is 11.5 Å². The predicted molar refractivity (Wildman–Crippen MR) is 90.8 cm³/mol. The molecule has 20 heavy (non-hydrogen) atoms. The molecule has 1 N–H and O–H groups in total. The predicted octanol–water partition coefficient (Wildman–Crippen LogP) is 2.17. The Bertz CT molecular complexity index is 443. The highest BCUT2D eigenvalue weighted by molar-refractivity contribution is 8.17. The standard InChI is InChI=1S/C13H18N2O2S3/c1-4-7-15-12(17)9(11(16)14-13(15)18)8-10(19-5-2)20-6-3/h4,8,10H,1,5-7H2,2-3H3,(H,14,16,18)/b9-8+. The summed E-state index contributed by atoms with van der Waals surface area (Å²) in [7, 11) is 0. The fourth-order valence-electron chi connectivity index (χ4n) is 1.62. The van der Waals surface area contributed by atoms with Crippen LogP contribution >= 0.6 is 35.7 Å².